The first-order chi connectivity index (χ1) is 16.6. The van der Waals surface area contributed by atoms with Gasteiger partial charge in [0.1, 0.15) is 12.3 Å². The highest BCUT2D eigenvalue weighted by atomic mass is 32.1. The summed E-state index contributed by atoms with van der Waals surface area (Å²) in [5, 5.41) is 12.2. The summed E-state index contributed by atoms with van der Waals surface area (Å²) in [5.41, 5.74) is 2.82. The van der Waals surface area contributed by atoms with Crippen LogP contribution in [0.15, 0.2) is 54.6 Å². The Morgan fingerprint density at radius 3 is 2.40 bits per heavy atom. The van der Waals surface area contributed by atoms with Gasteiger partial charge < -0.3 is 15.2 Å². The van der Waals surface area contributed by atoms with E-state index in [4.69, 9.17) is 9.84 Å². The molecule has 0 radical (unpaired) electrons. The highest BCUT2D eigenvalue weighted by Gasteiger charge is 2.33. The molecule has 1 heterocycles. The van der Waals surface area contributed by atoms with Crippen molar-refractivity contribution in [3.8, 4) is 5.75 Å². The van der Waals surface area contributed by atoms with Crippen molar-refractivity contribution in [2.45, 2.75) is 46.0 Å². The average molecular weight is 494 g/mol. The summed E-state index contributed by atoms with van der Waals surface area (Å²) in [6, 6.07) is 13.7. The monoisotopic (exact) mass is 493 g/mol. The van der Waals surface area contributed by atoms with Crippen molar-refractivity contribution in [3.63, 3.8) is 0 Å². The zero-order valence-electron chi connectivity index (χ0n) is 20.6. The van der Waals surface area contributed by atoms with E-state index in [9.17, 15) is 14.4 Å². The van der Waals surface area contributed by atoms with Gasteiger partial charge in [-0.15, -0.1) is 11.3 Å². The molecule has 0 unspecified atom stereocenters. The van der Waals surface area contributed by atoms with Gasteiger partial charge in [-0.05, 0) is 79.1 Å². The molecule has 0 bridgehead atoms. The van der Waals surface area contributed by atoms with Crippen molar-refractivity contribution in [2.75, 3.05) is 13.2 Å². The van der Waals surface area contributed by atoms with E-state index in [1.165, 1.54) is 10.4 Å². The molecule has 2 N–H and O–H groups in total. The fourth-order valence-electron chi connectivity index (χ4n) is 4.20. The van der Waals surface area contributed by atoms with Crippen LogP contribution in [0, 0.1) is 6.92 Å². The third-order valence-corrected chi connectivity index (χ3v) is 7.74. The number of thiophene rings is 1. The average Bonchev–Trinajstić information content (AvgIpc) is 3.26. The number of amides is 1. The lowest BCUT2D eigenvalue weighted by molar-refractivity contribution is -0.135. The second kappa shape index (κ2) is 10.9. The third-order valence-electron chi connectivity index (χ3n) is 6.42. The van der Waals surface area contributed by atoms with Crippen LogP contribution in [-0.2, 0) is 15.0 Å². The molecule has 1 amide bonds. The molecular formula is C28H31NO5S. The minimum atomic E-state index is -1.08. The number of benzene rings is 2. The van der Waals surface area contributed by atoms with Gasteiger partial charge in [0.2, 0.25) is 0 Å². The number of nitrogens with one attached hydrogen (secondary N) is 1. The quantitative estimate of drug-likeness (QED) is 0.337. The molecule has 0 aliphatic heterocycles. The van der Waals surface area contributed by atoms with Crippen LogP contribution in [-0.4, -0.2) is 35.9 Å². The molecule has 0 aliphatic carbocycles. The lowest BCUT2D eigenvalue weighted by Crippen LogP contribution is -2.29. The van der Waals surface area contributed by atoms with Gasteiger partial charge >= 0.3 is 5.97 Å². The van der Waals surface area contributed by atoms with Crippen LogP contribution in [0.2, 0.25) is 0 Å². The van der Waals surface area contributed by atoms with Crippen LogP contribution in [0.1, 0.15) is 60.0 Å². The number of carbonyl (C=O) groups is 3. The summed E-state index contributed by atoms with van der Waals surface area (Å²) in [4.78, 5) is 36.2. The van der Waals surface area contributed by atoms with Crippen molar-refractivity contribution in [3.05, 3.63) is 76.2 Å². The summed E-state index contributed by atoms with van der Waals surface area (Å²) in [5.74, 6) is -0.929. The number of rotatable bonds is 11. The molecule has 0 saturated carbocycles. The fraction of sp³-hybridized carbons (Fsp3) is 0.321. The Labute approximate surface area is 209 Å². The minimum absolute atomic E-state index is 0.0269. The summed E-state index contributed by atoms with van der Waals surface area (Å²) < 4.78 is 6.80. The van der Waals surface area contributed by atoms with E-state index in [0.29, 0.717) is 16.9 Å². The Morgan fingerprint density at radius 1 is 1.09 bits per heavy atom. The first kappa shape index (κ1) is 26.2. The van der Waals surface area contributed by atoms with Gasteiger partial charge in [0.25, 0.3) is 5.91 Å². The van der Waals surface area contributed by atoms with Crippen molar-refractivity contribution in [2.24, 2.45) is 0 Å². The van der Waals surface area contributed by atoms with Gasteiger partial charge in [-0.2, -0.15) is 0 Å². The van der Waals surface area contributed by atoms with Crippen LogP contribution in [0.3, 0.4) is 0 Å². The molecular weight excluding hydrogens is 462 g/mol. The predicted octanol–water partition coefficient (Wildman–Crippen LogP) is 5.65. The topological polar surface area (TPSA) is 92.7 Å². The zero-order chi connectivity index (χ0) is 25.8. The van der Waals surface area contributed by atoms with E-state index in [-0.39, 0.29) is 17.8 Å². The van der Waals surface area contributed by atoms with E-state index in [1.807, 2.05) is 25.1 Å². The Hall–Kier alpha value is -3.45. The maximum absolute atomic E-state index is 12.3. The van der Waals surface area contributed by atoms with Crippen LogP contribution in [0.4, 0.5) is 0 Å². The molecule has 3 aromatic rings. The van der Waals surface area contributed by atoms with Crippen LogP contribution in [0.5, 0.6) is 5.75 Å². The van der Waals surface area contributed by atoms with E-state index in [0.717, 1.165) is 28.5 Å². The standard InChI is InChI=1S/C28H31NO5S/c1-6-28(7-2,21-9-10-23(18(5)12-21)34-16-22(30)17(3)4)25-14-20-13-19(8-11-24(20)35-25)27(33)29-15-26(31)32/h8-14H,3,6-7,15-16H2,1-2,4-5H3,(H,29,33)(H,31,32). The Balaban J connectivity index is 1.94. The fourth-order valence-corrected chi connectivity index (χ4v) is 5.60. The SMILES string of the molecule is C=C(C)C(=O)COc1ccc(C(CC)(CC)c2cc3cc(C(=O)NCC(=O)O)ccc3s2)cc1C. The maximum atomic E-state index is 12.3. The lowest BCUT2D eigenvalue weighted by Gasteiger charge is -2.32. The highest BCUT2D eigenvalue weighted by molar-refractivity contribution is 7.19. The van der Waals surface area contributed by atoms with E-state index in [1.54, 1.807) is 24.3 Å². The minimum Gasteiger partial charge on any atom is -0.485 e. The van der Waals surface area contributed by atoms with Crippen LogP contribution in [0.25, 0.3) is 10.1 Å². The Morgan fingerprint density at radius 2 is 1.80 bits per heavy atom. The summed E-state index contributed by atoms with van der Waals surface area (Å²) in [6.07, 6.45) is 1.77. The molecule has 3 rings (SSSR count). The number of aryl methyl sites for hydroxylation is 1. The lowest BCUT2D eigenvalue weighted by atomic mass is 9.74. The number of hydrogen-bond donors (Lipinski definition) is 2. The van der Waals surface area contributed by atoms with E-state index < -0.39 is 18.4 Å². The molecule has 1 aromatic heterocycles. The second-order valence-corrected chi connectivity index (χ2v) is 9.79. The molecule has 7 heteroatoms. The van der Waals surface area contributed by atoms with Gasteiger partial charge in [-0.1, -0.05) is 32.6 Å². The maximum Gasteiger partial charge on any atom is 0.322 e. The number of carboxylic acids is 1. The smallest absolute Gasteiger partial charge is 0.322 e. The van der Waals surface area contributed by atoms with Gasteiger partial charge in [0, 0.05) is 20.6 Å². The first-order valence-electron chi connectivity index (χ1n) is 11.6. The van der Waals surface area contributed by atoms with Crippen molar-refractivity contribution in [1.82, 2.24) is 5.32 Å². The number of aliphatic carboxylic acids is 1. The van der Waals surface area contributed by atoms with E-state index >= 15 is 0 Å². The van der Waals surface area contributed by atoms with Crippen LogP contribution < -0.4 is 10.1 Å². The van der Waals surface area contributed by atoms with E-state index in [2.05, 4.69) is 43.9 Å². The van der Waals surface area contributed by atoms with Crippen molar-refractivity contribution in [1.29, 1.82) is 0 Å². The van der Waals surface area contributed by atoms with Gasteiger partial charge in [0.15, 0.2) is 12.4 Å². The number of Topliss-reactive ketones (excluding diaryl/α,β-unsaturated/α-hetero) is 1. The van der Waals surface area contributed by atoms with Crippen molar-refractivity contribution >= 4 is 39.1 Å². The summed E-state index contributed by atoms with van der Waals surface area (Å²) >= 11 is 1.70. The second-order valence-electron chi connectivity index (χ2n) is 8.70. The number of fused-ring (bicyclic) bond motifs is 1. The number of carboxylic acid groups (broad SMARTS) is 1. The summed E-state index contributed by atoms with van der Waals surface area (Å²) in [6.45, 7) is 11.2. The molecule has 184 valence electrons. The first-order valence-corrected chi connectivity index (χ1v) is 12.4. The molecule has 0 atom stereocenters. The van der Waals surface area contributed by atoms with Gasteiger partial charge in [-0.3, -0.25) is 14.4 Å². The molecule has 0 saturated heterocycles. The number of carbonyl (C=O) groups excluding carboxylic acids is 2. The van der Waals surface area contributed by atoms with Gasteiger partial charge in [0.05, 0.1) is 0 Å². The molecule has 0 fully saturated rings. The van der Waals surface area contributed by atoms with Gasteiger partial charge in [-0.25, -0.2) is 0 Å². The molecule has 2 aromatic carbocycles. The predicted molar refractivity (Wildman–Crippen MR) is 140 cm³/mol. The molecule has 0 aliphatic rings. The zero-order valence-corrected chi connectivity index (χ0v) is 21.4. The van der Waals surface area contributed by atoms with Crippen LogP contribution >= 0.6 is 11.3 Å². The normalized spacial score (nSPS) is 11.3. The molecule has 35 heavy (non-hydrogen) atoms. The number of ketones is 1. The Kier molecular flexibility index (Phi) is 8.12. The highest BCUT2D eigenvalue weighted by Crippen LogP contribution is 2.45. The largest absolute Gasteiger partial charge is 0.485 e. The molecule has 6 nitrogen and oxygen atoms in total. The third kappa shape index (κ3) is 5.62. The number of ether oxygens (including phenoxy) is 1. The molecule has 0 spiro atoms. The summed E-state index contributed by atoms with van der Waals surface area (Å²) in [7, 11) is 0. The Bertz CT molecular complexity index is 1290. The number of hydrogen-bond acceptors (Lipinski definition) is 5. The van der Waals surface area contributed by atoms with Crippen molar-refractivity contribution < 1.29 is 24.2 Å².